The molecule has 1 heterocycles. The highest BCUT2D eigenvalue weighted by molar-refractivity contribution is 7.14. The predicted octanol–water partition coefficient (Wildman–Crippen LogP) is 3.65. The van der Waals surface area contributed by atoms with E-state index in [4.69, 9.17) is 0 Å². The molecule has 0 bridgehead atoms. The average molecular weight is 341 g/mol. The van der Waals surface area contributed by atoms with Crippen molar-refractivity contribution < 1.29 is 19.8 Å². The first-order valence-corrected chi connectivity index (χ1v) is 8.68. The third-order valence-corrected chi connectivity index (χ3v) is 5.14. The Morgan fingerprint density at radius 2 is 1.87 bits per heavy atom. The van der Waals surface area contributed by atoms with Gasteiger partial charge in [-0.15, -0.1) is 11.3 Å². The number of rotatable bonds is 6. The van der Waals surface area contributed by atoms with Gasteiger partial charge in [-0.25, -0.2) is 4.79 Å². The zero-order chi connectivity index (χ0) is 17.9. The van der Waals surface area contributed by atoms with Crippen LogP contribution in [0.2, 0.25) is 0 Å². The van der Waals surface area contributed by atoms with Gasteiger partial charge in [0.05, 0.1) is 11.8 Å². The number of nitrogens with zero attached hydrogens (tertiary/aromatic N) is 1. The number of carbonyl (C=O) groups is 2. The van der Waals surface area contributed by atoms with E-state index in [2.05, 4.69) is 0 Å². The van der Waals surface area contributed by atoms with Crippen LogP contribution in [0, 0.1) is 0 Å². The minimum absolute atomic E-state index is 0.140. The number of aliphatic hydroxyl groups is 1. The van der Waals surface area contributed by atoms with Crippen molar-refractivity contribution in [2.24, 2.45) is 0 Å². The normalized spacial score (nSPS) is 14.4. The van der Waals surface area contributed by atoms with Crippen molar-refractivity contribution in [3.63, 3.8) is 0 Å². The largest absolute Gasteiger partial charge is 0.477 e. The molecule has 5 nitrogen and oxygen atoms in total. The molecule has 2 atom stereocenters. The number of carboxylic acids is 1. The quantitative estimate of drug-likeness (QED) is 0.828. The maximum atomic E-state index is 12.4. The van der Waals surface area contributed by atoms with E-state index < -0.39 is 12.1 Å². The molecule has 0 spiro atoms. The van der Waals surface area contributed by atoms with Gasteiger partial charge in [-0.2, -0.15) is 0 Å². The second kappa shape index (κ2) is 7.45. The zero-order valence-corrected chi connectivity index (χ0v) is 15.5. The van der Waals surface area contributed by atoms with E-state index in [0.29, 0.717) is 12.1 Å². The van der Waals surface area contributed by atoms with Crippen molar-refractivity contribution in [2.75, 3.05) is 4.90 Å². The van der Waals surface area contributed by atoms with Crippen LogP contribution < -0.4 is 4.90 Å². The third kappa shape index (κ3) is 4.78. The fourth-order valence-electron chi connectivity index (χ4n) is 2.47. The Morgan fingerprint density at radius 3 is 2.26 bits per heavy atom. The summed E-state index contributed by atoms with van der Waals surface area (Å²) in [6, 6.07) is 1.53. The molecule has 1 amide bonds. The summed E-state index contributed by atoms with van der Waals surface area (Å²) in [5.74, 6) is -1.17. The molecular weight excluding hydrogens is 314 g/mol. The number of thiophene rings is 1. The molecule has 0 fully saturated rings. The Morgan fingerprint density at radius 1 is 1.30 bits per heavy atom. The maximum Gasteiger partial charge on any atom is 0.348 e. The van der Waals surface area contributed by atoms with Crippen molar-refractivity contribution in [3.05, 3.63) is 15.8 Å². The van der Waals surface area contributed by atoms with Gasteiger partial charge >= 0.3 is 5.97 Å². The zero-order valence-electron chi connectivity index (χ0n) is 14.7. The molecule has 1 aromatic rings. The Labute approximate surface area is 141 Å². The van der Waals surface area contributed by atoms with Crippen LogP contribution >= 0.6 is 11.3 Å². The summed E-state index contributed by atoms with van der Waals surface area (Å²) >= 11 is 1.21. The number of carboxylic acid groups (broad SMARTS) is 1. The molecule has 0 aliphatic heterocycles. The molecule has 1 rings (SSSR count). The van der Waals surface area contributed by atoms with E-state index >= 15 is 0 Å². The van der Waals surface area contributed by atoms with Crippen LogP contribution in [0.4, 0.5) is 5.69 Å². The standard InChI is InChI=1S/C17H27NO4S/c1-7-14(20)18(10(2)8-11(3)19)12-9-13(17(4,5)6)23-15(12)16(21)22/h9-11,19H,7-8H2,1-6H3,(H,21,22). The first kappa shape index (κ1) is 19.6. The van der Waals surface area contributed by atoms with Crippen molar-refractivity contribution in [2.45, 2.75) is 71.9 Å². The van der Waals surface area contributed by atoms with Crippen LogP contribution in [-0.4, -0.2) is 34.2 Å². The van der Waals surface area contributed by atoms with Crippen molar-refractivity contribution in [3.8, 4) is 0 Å². The summed E-state index contributed by atoms with van der Waals surface area (Å²) < 4.78 is 0. The van der Waals surface area contributed by atoms with Gasteiger partial charge in [0.25, 0.3) is 0 Å². The molecule has 0 aliphatic rings. The summed E-state index contributed by atoms with van der Waals surface area (Å²) in [5, 5.41) is 19.2. The lowest BCUT2D eigenvalue weighted by atomic mass is 9.94. The Balaban J connectivity index is 3.42. The Bertz CT molecular complexity index is 572. The summed E-state index contributed by atoms with van der Waals surface area (Å²) in [4.78, 5) is 26.7. The predicted molar refractivity (Wildman–Crippen MR) is 93.5 cm³/mol. The van der Waals surface area contributed by atoms with Crippen LogP contribution in [-0.2, 0) is 10.2 Å². The fraction of sp³-hybridized carbons (Fsp3) is 0.647. The summed E-state index contributed by atoms with van der Waals surface area (Å²) in [6.07, 6.45) is 0.112. The highest BCUT2D eigenvalue weighted by Crippen LogP contribution is 2.38. The van der Waals surface area contributed by atoms with E-state index in [9.17, 15) is 19.8 Å². The average Bonchev–Trinajstić information content (AvgIpc) is 2.82. The highest BCUT2D eigenvalue weighted by Gasteiger charge is 2.30. The minimum atomic E-state index is -1.03. The molecular formula is C17H27NO4S. The van der Waals surface area contributed by atoms with Gasteiger partial charge in [0.2, 0.25) is 5.91 Å². The molecule has 6 heteroatoms. The molecule has 0 saturated heterocycles. The van der Waals surface area contributed by atoms with Crippen LogP contribution in [0.25, 0.3) is 0 Å². The summed E-state index contributed by atoms with van der Waals surface area (Å²) in [5.41, 5.74) is 0.245. The SMILES string of the molecule is CCC(=O)N(c1cc(C(C)(C)C)sc1C(=O)O)C(C)CC(C)O. The van der Waals surface area contributed by atoms with Gasteiger partial charge < -0.3 is 15.1 Å². The molecule has 0 saturated carbocycles. The van der Waals surface area contributed by atoms with Crippen LogP contribution in [0.5, 0.6) is 0 Å². The minimum Gasteiger partial charge on any atom is -0.477 e. The highest BCUT2D eigenvalue weighted by atomic mass is 32.1. The van der Waals surface area contributed by atoms with E-state index in [1.165, 1.54) is 16.2 Å². The van der Waals surface area contributed by atoms with Crippen molar-refractivity contribution in [1.29, 1.82) is 0 Å². The first-order chi connectivity index (χ1) is 10.5. The lowest BCUT2D eigenvalue weighted by Crippen LogP contribution is -2.40. The molecule has 23 heavy (non-hydrogen) atoms. The van der Waals surface area contributed by atoms with E-state index in [-0.39, 0.29) is 28.7 Å². The van der Waals surface area contributed by atoms with Gasteiger partial charge in [-0.3, -0.25) is 4.79 Å². The lowest BCUT2D eigenvalue weighted by molar-refractivity contribution is -0.118. The molecule has 2 unspecified atom stereocenters. The van der Waals surface area contributed by atoms with Crippen LogP contribution in [0.3, 0.4) is 0 Å². The number of anilines is 1. The lowest BCUT2D eigenvalue weighted by Gasteiger charge is -2.30. The Kier molecular flexibility index (Phi) is 6.36. The van der Waals surface area contributed by atoms with Crippen molar-refractivity contribution in [1.82, 2.24) is 0 Å². The number of hydrogen-bond acceptors (Lipinski definition) is 4. The van der Waals surface area contributed by atoms with Gasteiger partial charge in [-0.05, 0) is 31.7 Å². The number of aliphatic hydroxyl groups excluding tert-OH is 1. The van der Waals surface area contributed by atoms with Gasteiger partial charge in [0.15, 0.2) is 0 Å². The van der Waals surface area contributed by atoms with Crippen LogP contribution in [0.1, 0.15) is 68.9 Å². The summed E-state index contributed by atoms with van der Waals surface area (Å²) in [7, 11) is 0. The molecule has 0 aromatic carbocycles. The van der Waals surface area contributed by atoms with Gasteiger partial charge in [-0.1, -0.05) is 27.7 Å². The third-order valence-electron chi connectivity index (χ3n) is 3.60. The number of carbonyl (C=O) groups excluding carboxylic acids is 1. The molecule has 2 N–H and O–H groups in total. The van der Waals surface area contributed by atoms with Gasteiger partial charge in [0.1, 0.15) is 4.88 Å². The molecule has 0 radical (unpaired) electrons. The van der Waals surface area contributed by atoms with Crippen LogP contribution in [0.15, 0.2) is 6.07 Å². The number of hydrogen-bond donors (Lipinski definition) is 2. The molecule has 0 aliphatic carbocycles. The van der Waals surface area contributed by atoms with Gasteiger partial charge in [0, 0.05) is 17.3 Å². The monoisotopic (exact) mass is 341 g/mol. The topological polar surface area (TPSA) is 77.8 Å². The number of amides is 1. The number of aromatic carboxylic acids is 1. The Hall–Kier alpha value is -1.40. The van der Waals surface area contributed by atoms with E-state index in [1.54, 1.807) is 19.9 Å². The molecule has 1 aromatic heterocycles. The van der Waals surface area contributed by atoms with E-state index in [1.807, 2.05) is 27.7 Å². The molecule has 130 valence electrons. The fourth-order valence-corrected chi connectivity index (χ4v) is 3.52. The second-order valence-corrected chi connectivity index (χ2v) is 7.98. The summed E-state index contributed by atoms with van der Waals surface area (Å²) in [6.45, 7) is 11.3. The first-order valence-electron chi connectivity index (χ1n) is 7.86. The second-order valence-electron chi connectivity index (χ2n) is 6.93. The van der Waals surface area contributed by atoms with Crippen molar-refractivity contribution >= 4 is 28.9 Å². The van der Waals surface area contributed by atoms with E-state index in [0.717, 1.165) is 4.88 Å². The maximum absolute atomic E-state index is 12.4. The smallest absolute Gasteiger partial charge is 0.348 e.